The van der Waals surface area contributed by atoms with Gasteiger partial charge >= 0.3 is 11.9 Å². The molecule has 1 aliphatic carbocycles. The lowest BCUT2D eigenvalue weighted by molar-refractivity contribution is -0.165. The van der Waals surface area contributed by atoms with E-state index in [2.05, 4.69) is 9.97 Å². The van der Waals surface area contributed by atoms with Gasteiger partial charge in [-0.15, -0.1) is 0 Å². The van der Waals surface area contributed by atoms with Crippen LogP contribution in [0.2, 0.25) is 0 Å². The molecule has 1 aromatic heterocycles. The number of hydrogen-bond donors (Lipinski definition) is 0. The van der Waals surface area contributed by atoms with Crippen LogP contribution in [0.15, 0.2) is 36.5 Å². The third-order valence-electron chi connectivity index (χ3n) is 5.89. The Labute approximate surface area is 199 Å². The summed E-state index contributed by atoms with van der Waals surface area (Å²) < 4.78 is 42.8. The van der Waals surface area contributed by atoms with Crippen LogP contribution in [0.4, 0.5) is 5.95 Å². The maximum atomic E-state index is 13.3. The maximum Gasteiger partial charge on any atom is 0.329 e. The van der Waals surface area contributed by atoms with Gasteiger partial charge in [0.25, 0.3) is 0 Å². The molecule has 0 amide bonds. The van der Waals surface area contributed by atoms with Crippen LogP contribution < -0.4 is 9.04 Å². The number of anilines is 1. The summed E-state index contributed by atoms with van der Waals surface area (Å²) >= 11 is 0. The van der Waals surface area contributed by atoms with Crippen molar-refractivity contribution in [2.24, 2.45) is 5.92 Å². The number of benzene rings is 1. The molecule has 1 fully saturated rings. The van der Waals surface area contributed by atoms with Gasteiger partial charge in [-0.3, -0.25) is 9.59 Å². The van der Waals surface area contributed by atoms with Crippen molar-refractivity contribution in [3.05, 3.63) is 47.8 Å². The van der Waals surface area contributed by atoms with Gasteiger partial charge in [0, 0.05) is 6.20 Å². The fraction of sp³-hybridized carbons (Fsp3) is 0.478. The van der Waals surface area contributed by atoms with Crippen LogP contribution in [-0.2, 0) is 41.0 Å². The van der Waals surface area contributed by atoms with Gasteiger partial charge in [-0.25, -0.2) is 22.7 Å². The number of ether oxygens (including phenoxy) is 3. The van der Waals surface area contributed by atoms with Gasteiger partial charge in [0.05, 0.1) is 38.8 Å². The molecule has 34 heavy (non-hydrogen) atoms. The van der Waals surface area contributed by atoms with Crippen molar-refractivity contribution in [3.63, 3.8) is 0 Å². The van der Waals surface area contributed by atoms with Crippen LogP contribution in [0.3, 0.4) is 0 Å². The lowest BCUT2D eigenvalue weighted by Crippen LogP contribution is -2.50. The van der Waals surface area contributed by atoms with Gasteiger partial charge in [0.2, 0.25) is 21.4 Å². The summed E-state index contributed by atoms with van der Waals surface area (Å²) in [7, 11) is 0.0887. The normalized spacial score (nSPS) is 13.9. The zero-order chi connectivity index (χ0) is 25.1. The number of nitrogens with zero attached hydrogens (tertiary/aromatic N) is 3. The molecule has 2 aromatic rings. The summed E-state index contributed by atoms with van der Waals surface area (Å²) in [5.74, 6) is -1.82. The summed E-state index contributed by atoms with van der Waals surface area (Å²) in [6, 6.07) is 8.35. The summed E-state index contributed by atoms with van der Waals surface area (Å²) in [5.41, 5.74) is -1.21. The monoisotopic (exact) mass is 491 g/mol. The van der Waals surface area contributed by atoms with Gasteiger partial charge in [0.15, 0.2) is 0 Å². The first-order valence-electron chi connectivity index (χ1n) is 10.8. The lowest BCUT2D eigenvalue weighted by atomic mass is 9.74. The highest BCUT2D eigenvalue weighted by atomic mass is 32.2. The van der Waals surface area contributed by atoms with E-state index in [1.165, 1.54) is 12.3 Å². The Morgan fingerprint density at radius 3 is 2.12 bits per heavy atom. The van der Waals surface area contributed by atoms with E-state index in [0.717, 1.165) is 18.5 Å². The third-order valence-corrected chi connectivity index (χ3v) is 8.11. The maximum absolute atomic E-state index is 13.3. The molecule has 0 spiro atoms. The summed E-state index contributed by atoms with van der Waals surface area (Å²) in [4.78, 5) is 34.4. The van der Waals surface area contributed by atoms with Crippen LogP contribution in [0.1, 0.15) is 37.9 Å². The molecule has 1 aliphatic rings. The number of carbonyl (C=O) groups is 2. The first-order valence-corrected chi connectivity index (χ1v) is 12.3. The first-order chi connectivity index (χ1) is 16.1. The van der Waals surface area contributed by atoms with Gasteiger partial charge in [-0.2, -0.15) is 0 Å². The largest absolute Gasteiger partial charge is 0.497 e. The lowest BCUT2D eigenvalue weighted by Gasteiger charge is -2.32. The second-order valence-electron chi connectivity index (χ2n) is 8.29. The van der Waals surface area contributed by atoms with Crippen molar-refractivity contribution in [1.82, 2.24) is 9.97 Å². The van der Waals surface area contributed by atoms with Crippen LogP contribution in [0, 0.1) is 5.92 Å². The Balaban J connectivity index is 2.14. The second-order valence-corrected chi connectivity index (χ2v) is 10.4. The quantitative estimate of drug-likeness (QED) is 0.363. The smallest absolute Gasteiger partial charge is 0.329 e. The van der Waals surface area contributed by atoms with Gasteiger partial charge in [-0.05, 0) is 42.5 Å². The molecule has 0 radical (unpaired) electrons. The molecule has 10 nitrogen and oxygen atoms in total. The van der Waals surface area contributed by atoms with Crippen molar-refractivity contribution in [2.75, 3.05) is 25.6 Å². The van der Waals surface area contributed by atoms with E-state index in [-0.39, 0.29) is 18.2 Å². The fourth-order valence-corrected chi connectivity index (χ4v) is 5.52. The van der Waals surface area contributed by atoms with E-state index in [4.69, 9.17) is 14.2 Å². The average molecular weight is 492 g/mol. The molecule has 0 saturated heterocycles. The van der Waals surface area contributed by atoms with Crippen LogP contribution >= 0.6 is 0 Å². The molecule has 0 bridgehead atoms. The van der Waals surface area contributed by atoms with E-state index in [9.17, 15) is 18.0 Å². The van der Waals surface area contributed by atoms with E-state index in [0.29, 0.717) is 24.2 Å². The van der Waals surface area contributed by atoms with Crippen molar-refractivity contribution < 1.29 is 32.2 Å². The fourth-order valence-electron chi connectivity index (χ4n) is 3.79. The zero-order valence-corrected chi connectivity index (χ0v) is 20.7. The number of esters is 2. The zero-order valence-electron chi connectivity index (χ0n) is 19.8. The van der Waals surface area contributed by atoms with Crippen molar-refractivity contribution >= 4 is 27.9 Å². The van der Waals surface area contributed by atoms with Crippen molar-refractivity contribution in [3.8, 4) is 5.75 Å². The van der Waals surface area contributed by atoms with E-state index < -0.39 is 38.5 Å². The molecule has 0 atom stereocenters. The molecule has 11 heteroatoms. The Kier molecular flexibility index (Phi) is 7.44. The Morgan fingerprint density at radius 2 is 1.65 bits per heavy atom. The number of hydrogen-bond acceptors (Lipinski definition) is 9. The minimum atomic E-state index is -3.78. The number of methoxy groups -OCH3 is 3. The minimum Gasteiger partial charge on any atom is -0.497 e. The summed E-state index contributed by atoms with van der Waals surface area (Å²) in [5, 5.41) is -0.533. The molecule has 0 unspecified atom stereocenters. The van der Waals surface area contributed by atoms with Crippen molar-refractivity contribution in [2.45, 2.75) is 43.9 Å². The minimum absolute atomic E-state index is 0.00284. The topological polar surface area (TPSA) is 125 Å². The standard InChI is InChI=1S/C23H29N3O7S/c1-15(2)23(20(27)32-4,21(28)33-5)19-12-13-24-22(25-19)26(34(29,30)18-10-11-18)14-16-6-8-17(31-3)9-7-16/h6-9,12-13,15,18H,10-11,14H2,1-5H3. The molecule has 0 N–H and O–H groups in total. The summed E-state index contributed by atoms with van der Waals surface area (Å²) in [6.07, 6.45) is 2.41. The Morgan fingerprint density at radius 1 is 1.06 bits per heavy atom. The first kappa shape index (κ1) is 25.4. The Hall–Kier alpha value is -3.21. The SMILES string of the molecule is COC(=O)C(C(=O)OC)(c1ccnc(N(Cc2ccc(OC)cc2)S(=O)(=O)C2CC2)n1)C(C)C. The molecule has 3 rings (SSSR count). The van der Waals surface area contributed by atoms with E-state index in [1.54, 1.807) is 45.2 Å². The van der Waals surface area contributed by atoms with E-state index in [1.807, 2.05) is 0 Å². The van der Waals surface area contributed by atoms with Gasteiger partial charge < -0.3 is 14.2 Å². The molecular formula is C23H29N3O7S. The molecular weight excluding hydrogens is 462 g/mol. The molecule has 1 aromatic carbocycles. The molecule has 1 heterocycles. The molecule has 0 aliphatic heterocycles. The van der Waals surface area contributed by atoms with Gasteiger partial charge in [0.1, 0.15) is 5.75 Å². The highest BCUT2D eigenvalue weighted by Crippen LogP contribution is 2.37. The molecule has 184 valence electrons. The van der Waals surface area contributed by atoms with Crippen LogP contribution in [-0.4, -0.2) is 56.9 Å². The van der Waals surface area contributed by atoms with Crippen molar-refractivity contribution in [1.29, 1.82) is 0 Å². The number of rotatable bonds is 10. The summed E-state index contributed by atoms with van der Waals surface area (Å²) in [6.45, 7) is 3.29. The van der Waals surface area contributed by atoms with Crippen LogP contribution in [0.25, 0.3) is 0 Å². The highest BCUT2D eigenvalue weighted by Gasteiger charge is 2.54. The highest BCUT2D eigenvalue weighted by molar-refractivity contribution is 7.93. The van der Waals surface area contributed by atoms with Gasteiger partial charge in [-0.1, -0.05) is 26.0 Å². The average Bonchev–Trinajstić information content (AvgIpc) is 3.69. The Bertz CT molecular complexity index is 1130. The molecule has 1 saturated carbocycles. The number of sulfonamides is 1. The number of aromatic nitrogens is 2. The third kappa shape index (κ3) is 4.56. The van der Waals surface area contributed by atoms with Crippen LogP contribution in [0.5, 0.6) is 5.75 Å². The van der Waals surface area contributed by atoms with E-state index >= 15 is 0 Å². The predicted molar refractivity (Wildman–Crippen MR) is 124 cm³/mol. The predicted octanol–water partition coefficient (Wildman–Crippen LogP) is 2.22. The number of carbonyl (C=O) groups excluding carboxylic acids is 2. The second kappa shape index (κ2) is 9.96.